The molecule has 7 heteroatoms. The molecule has 3 aromatic rings. The molecule has 0 bridgehead atoms. The molecule has 0 atom stereocenters. The molecule has 7 nitrogen and oxygen atoms in total. The molecule has 136 valence electrons. The number of aromatic hydroxyl groups is 1. The maximum atomic E-state index is 12.2. The maximum Gasteiger partial charge on any atom is 0.337 e. The summed E-state index contributed by atoms with van der Waals surface area (Å²) in [6.07, 6.45) is 0. The van der Waals surface area contributed by atoms with Crippen molar-refractivity contribution in [1.29, 1.82) is 0 Å². The SMILES string of the molecule is COC(=O)c1ccc(NC(=O)C(=O)Nc2cccc3c(O)cccc23)cc1. The number of esters is 1. The molecule has 0 aromatic heterocycles. The van der Waals surface area contributed by atoms with Crippen LogP contribution in [0.1, 0.15) is 10.4 Å². The minimum atomic E-state index is -0.863. The summed E-state index contributed by atoms with van der Waals surface area (Å²) in [5.74, 6) is -2.13. The second-order valence-corrected chi connectivity index (χ2v) is 5.66. The molecule has 0 radical (unpaired) electrons. The van der Waals surface area contributed by atoms with E-state index in [1.807, 2.05) is 0 Å². The van der Waals surface area contributed by atoms with Gasteiger partial charge in [-0.15, -0.1) is 0 Å². The van der Waals surface area contributed by atoms with Crippen molar-refractivity contribution in [1.82, 2.24) is 0 Å². The second-order valence-electron chi connectivity index (χ2n) is 5.66. The number of anilines is 2. The number of amides is 2. The molecule has 27 heavy (non-hydrogen) atoms. The Balaban J connectivity index is 1.72. The fraction of sp³-hybridized carbons (Fsp3) is 0.0500. The second kappa shape index (κ2) is 7.57. The van der Waals surface area contributed by atoms with Crippen LogP contribution in [0.2, 0.25) is 0 Å². The largest absolute Gasteiger partial charge is 0.507 e. The van der Waals surface area contributed by atoms with Crippen molar-refractivity contribution in [2.45, 2.75) is 0 Å². The first-order chi connectivity index (χ1) is 13.0. The van der Waals surface area contributed by atoms with Gasteiger partial charge < -0.3 is 20.5 Å². The third-order valence-corrected chi connectivity index (χ3v) is 3.92. The predicted molar refractivity (Wildman–Crippen MR) is 101 cm³/mol. The molecular weight excluding hydrogens is 348 g/mol. The predicted octanol–water partition coefficient (Wildman–Crippen LogP) is 2.91. The number of rotatable bonds is 3. The third kappa shape index (κ3) is 3.87. The number of hydrogen-bond donors (Lipinski definition) is 3. The fourth-order valence-corrected chi connectivity index (χ4v) is 2.58. The van der Waals surface area contributed by atoms with Gasteiger partial charge in [0, 0.05) is 22.1 Å². The van der Waals surface area contributed by atoms with Gasteiger partial charge in [-0.2, -0.15) is 0 Å². The van der Waals surface area contributed by atoms with Crippen LogP contribution in [0.15, 0.2) is 60.7 Å². The van der Waals surface area contributed by atoms with Gasteiger partial charge in [-0.05, 0) is 36.4 Å². The number of phenols is 1. The third-order valence-electron chi connectivity index (χ3n) is 3.92. The molecule has 2 amide bonds. The Labute approximate surface area is 154 Å². The quantitative estimate of drug-likeness (QED) is 0.490. The van der Waals surface area contributed by atoms with Crippen LogP contribution in [-0.4, -0.2) is 30.0 Å². The molecular formula is C20H16N2O5. The lowest BCUT2D eigenvalue weighted by molar-refractivity contribution is -0.132. The van der Waals surface area contributed by atoms with E-state index in [1.54, 1.807) is 36.4 Å². The highest BCUT2D eigenvalue weighted by Crippen LogP contribution is 2.29. The molecule has 3 N–H and O–H groups in total. The number of fused-ring (bicyclic) bond motifs is 1. The Hall–Kier alpha value is -3.87. The van der Waals surface area contributed by atoms with Crippen LogP contribution in [-0.2, 0) is 14.3 Å². The smallest absolute Gasteiger partial charge is 0.337 e. The topological polar surface area (TPSA) is 105 Å². The number of ether oxygens (including phenoxy) is 1. The van der Waals surface area contributed by atoms with Crippen molar-refractivity contribution in [2.24, 2.45) is 0 Å². The van der Waals surface area contributed by atoms with Crippen LogP contribution in [0, 0.1) is 0 Å². The van der Waals surface area contributed by atoms with Crippen molar-refractivity contribution >= 4 is 39.9 Å². The molecule has 3 rings (SSSR count). The first-order valence-corrected chi connectivity index (χ1v) is 8.01. The van der Waals surface area contributed by atoms with Gasteiger partial charge in [-0.25, -0.2) is 4.79 Å². The minimum absolute atomic E-state index is 0.0822. The van der Waals surface area contributed by atoms with E-state index in [4.69, 9.17) is 0 Å². The summed E-state index contributed by atoms with van der Waals surface area (Å²) in [4.78, 5) is 35.7. The zero-order valence-electron chi connectivity index (χ0n) is 14.4. The summed E-state index contributed by atoms with van der Waals surface area (Å²) in [6.45, 7) is 0. The first kappa shape index (κ1) is 17.9. The number of phenolic OH excluding ortho intramolecular Hbond substituents is 1. The zero-order chi connectivity index (χ0) is 19.4. The fourth-order valence-electron chi connectivity index (χ4n) is 2.58. The van der Waals surface area contributed by atoms with E-state index < -0.39 is 17.8 Å². The van der Waals surface area contributed by atoms with Crippen molar-refractivity contribution in [3.05, 3.63) is 66.2 Å². The van der Waals surface area contributed by atoms with Crippen LogP contribution in [0.4, 0.5) is 11.4 Å². The van der Waals surface area contributed by atoms with Crippen molar-refractivity contribution in [2.75, 3.05) is 17.7 Å². The van der Waals surface area contributed by atoms with Crippen LogP contribution >= 0.6 is 0 Å². The molecule has 0 heterocycles. The average molecular weight is 364 g/mol. The van der Waals surface area contributed by atoms with E-state index >= 15 is 0 Å². The summed E-state index contributed by atoms with van der Waals surface area (Å²) < 4.78 is 4.60. The van der Waals surface area contributed by atoms with Gasteiger partial charge >= 0.3 is 17.8 Å². The Bertz CT molecular complexity index is 1030. The van der Waals surface area contributed by atoms with Crippen molar-refractivity contribution in [3.8, 4) is 5.75 Å². The Morgan fingerprint density at radius 1 is 0.815 bits per heavy atom. The van der Waals surface area contributed by atoms with Gasteiger partial charge in [0.05, 0.1) is 12.7 Å². The van der Waals surface area contributed by atoms with Gasteiger partial charge in [-0.3, -0.25) is 9.59 Å². The summed E-state index contributed by atoms with van der Waals surface area (Å²) in [5, 5.41) is 16.1. The highest BCUT2D eigenvalue weighted by molar-refractivity contribution is 6.44. The van der Waals surface area contributed by atoms with Crippen LogP contribution in [0.5, 0.6) is 5.75 Å². The lowest BCUT2D eigenvalue weighted by Crippen LogP contribution is -2.29. The first-order valence-electron chi connectivity index (χ1n) is 8.01. The number of carbonyl (C=O) groups is 3. The molecule has 0 aliphatic carbocycles. The monoisotopic (exact) mass is 364 g/mol. The Kier molecular flexibility index (Phi) is 5.03. The number of nitrogens with one attached hydrogen (secondary N) is 2. The van der Waals surface area contributed by atoms with Gasteiger partial charge in [0.1, 0.15) is 5.75 Å². The maximum absolute atomic E-state index is 12.2. The van der Waals surface area contributed by atoms with Crippen molar-refractivity contribution in [3.63, 3.8) is 0 Å². The zero-order valence-corrected chi connectivity index (χ0v) is 14.4. The van der Waals surface area contributed by atoms with E-state index in [-0.39, 0.29) is 5.75 Å². The summed E-state index contributed by atoms with van der Waals surface area (Å²) >= 11 is 0. The molecule has 0 spiro atoms. The van der Waals surface area contributed by atoms with E-state index in [2.05, 4.69) is 15.4 Å². The molecule has 0 saturated carbocycles. The number of benzene rings is 3. The van der Waals surface area contributed by atoms with E-state index in [9.17, 15) is 19.5 Å². The van der Waals surface area contributed by atoms with E-state index in [0.29, 0.717) is 27.7 Å². The van der Waals surface area contributed by atoms with Gasteiger partial charge in [0.25, 0.3) is 0 Å². The molecule has 0 saturated heterocycles. The molecule has 0 fully saturated rings. The minimum Gasteiger partial charge on any atom is -0.507 e. The van der Waals surface area contributed by atoms with Crippen molar-refractivity contribution < 1.29 is 24.2 Å². The van der Waals surface area contributed by atoms with Gasteiger partial charge in [0.2, 0.25) is 0 Å². The normalized spacial score (nSPS) is 10.3. The molecule has 0 aliphatic rings. The Morgan fingerprint density at radius 3 is 2.15 bits per heavy atom. The highest BCUT2D eigenvalue weighted by atomic mass is 16.5. The van der Waals surface area contributed by atoms with Crippen LogP contribution < -0.4 is 10.6 Å². The summed E-state index contributed by atoms with van der Waals surface area (Å²) in [6, 6.07) is 15.9. The lowest BCUT2D eigenvalue weighted by Gasteiger charge is -2.10. The number of methoxy groups -OCH3 is 1. The Morgan fingerprint density at radius 2 is 1.44 bits per heavy atom. The van der Waals surface area contributed by atoms with Crippen LogP contribution in [0.25, 0.3) is 10.8 Å². The standard InChI is InChI=1S/C20H16N2O5/c1-27-20(26)12-8-10-13(11-9-12)21-18(24)19(25)22-16-6-2-5-15-14(16)4-3-7-17(15)23/h2-11,23H,1H3,(H,21,24)(H,22,25). The summed E-state index contributed by atoms with van der Waals surface area (Å²) in [5.41, 5.74) is 1.10. The number of hydrogen-bond acceptors (Lipinski definition) is 5. The summed E-state index contributed by atoms with van der Waals surface area (Å²) in [7, 11) is 1.27. The van der Waals surface area contributed by atoms with Gasteiger partial charge in [-0.1, -0.05) is 24.3 Å². The van der Waals surface area contributed by atoms with E-state index in [0.717, 1.165) is 0 Å². The average Bonchev–Trinajstić information content (AvgIpc) is 2.68. The van der Waals surface area contributed by atoms with Crippen LogP contribution in [0.3, 0.4) is 0 Å². The van der Waals surface area contributed by atoms with E-state index in [1.165, 1.54) is 31.4 Å². The lowest BCUT2D eigenvalue weighted by atomic mass is 10.1. The molecule has 0 aliphatic heterocycles. The van der Waals surface area contributed by atoms with Gasteiger partial charge in [0.15, 0.2) is 0 Å². The number of carbonyl (C=O) groups excluding carboxylic acids is 3. The highest BCUT2D eigenvalue weighted by Gasteiger charge is 2.16. The molecule has 3 aromatic carbocycles. The molecule has 0 unspecified atom stereocenters.